The van der Waals surface area contributed by atoms with Gasteiger partial charge in [-0.15, -0.1) is 0 Å². The van der Waals surface area contributed by atoms with Crippen LogP contribution in [0.2, 0.25) is 0 Å². The zero-order valence-corrected chi connectivity index (χ0v) is 11.0. The molecule has 0 saturated heterocycles. The lowest BCUT2D eigenvalue weighted by molar-refractivity contribution is -0.136. The monoisotopic (exact) mass is 250 g/mol. The number of carboxylic acids is 1. The van der Waals surface area contributed by atoms with Crippen LogP contribution in [-0.2, 0) is 17.8 Å². The SMILES string of the molecule is Cc1nc(=O)n(CC2(C)CC2)c(C)c1CC(=O)O. The summed E-state index contributed by atoms with van der Waals surface area (Å²) in [6.07, 6.45) is 2.14. The van der Waals surface area contributed by atoms with Gasteiger partial charge in [0.25, 0.3) is 0 Å². The molecule has 1 aliphatic rings. The highest BCUT2D eigenvalue weighted by molar-refractivity contribution is 5.70. The normalized spacial score (nSPS) is 16.6. The standard InChI is InChI=1S/C13H18N2O3/c1-8-10(6-11(16)17)9(2)15(12(18)14-8)7-13(3)4-5-13/h4-7H2,1-3H3,(H,16,17). The highest BCUT2D eigenvalue weighted by Gasteiger charge is 2.38. The molecule has 1 aromatic rings. The Balaban J connectivity index is 2.45. The van der Waals surface area contributed by atoms with Crippen LogP contribution in [0.25, 0.3) is 0 Å². The van der Waals surface area contributed by atoms with E-state index in [0.29, 0.717) is 17.8 Å². The van der Waals surface area contributed by atoms with E-state index in [1.54, 1.807) is 18.4 Å². The Bertz CT molecular complexity index is 556. The molecule has 0 aromatic carbocycles. The maximum absolute atomic E-state index is 11.9. The Kier molecular flexibility index (Phi) is 3.00. The quantitative estimate of drug-likeness (QED) is 0.874. The number of hydrogen-bond acceptors (Lipinski definition) is 3. The molecular weight excluding hydrogens is 232 g/mol. The lowest BCUT2D eigenvalue weighted by atomic mass is 10.1. The molecule has 5 nitrogen and oxygen atoms in total. The van der Waals surface area contributed by atoms with Crippen molar-refractivity contribution in [2.24, 2.45) is 5.41 Å². The van der Waals surface area contributed by atoms with Crippen LogP contribution >= 0.6 is 0 Å². The van der Waals surface area contributed by atoms with Crippen LogP contribution in [0.5, 0.6) is 0 Å². The second-order valence-corrected chi connectivity index (χ2v) is 5.51. The molecule has 0 aliphatic heterocycles. The summed E-state index contributed by atoms with van der Waals surface area (Å²) >= 11 is 0. The molecule has 1 heterocycles. The molecule has 0 amide bonds. The summed E-state index contributed by atoms with van der Waals surface area (Å²) in [6.45, 7) is 6.27. The van der Waals surface area contributed by atoms with Crippen LogP contribution in [-0.4, -0.2) is 20.6 Å². The van der Waals surface area contributed by atoms with Gasteiger partial charge in [-0.25, -0.2) is 4.79 Å². The molecule has 0 atom stereocenters. The maximum atomic E-state index is 11.9. The predicted molar refractivity (Wildman–Crippen MR) is 66.7 cm³/mol. The van der Waals surface area contributed by atoms with E-state index in [0.717, 1.165) is 18.5 Å². The fraction of sp³-hybridized carbons (Fsp3) is 0.615. The van der Waals surface area contributed by atoms with Crippen molar-refractivity contribution in [3.63, 3.8) is 0 Å². The Labute approximate surface area is 105 Å². The molecule has 1 N–H and O–H groups in total. The van der Waals surface area contributed by atoms with Gasteiger partial charge in [-0.1, -0.05) is 6.92 Å². The summed E-state index contributed by atoms with van der Waals surface area (Å²) in [7, 11) is 0. The summed E-state index contributed by atoms with van der Waals surface area (Å²) in [5.74, 6) is -0.897. The van der Waals surface area contributed by atoms with Crippen molar-refractivity contribution in [3.05, 3.63) is 27.4 Å². The summed E-state index contributed by atoms with van der Waals surface area (Å²) in [5, 5.41) is 8.91. The van der Waals surface area contributed by atoms with Gasteiger partial charge in [-0.3, -0.25) is 9.36 Å². The first-order chi connectivity index (χ1) is 8.32. The summed E-state index contributed by atoms with van der Waals surface area (Å²) in [5.41, 5.74) is 1.84. The second-order valence-electron chi connectivity index (χ2n) is 5.51. The van der Waals surface area contributed by atoms with Gasteiger partial charge in [0.05, 0.1) is 6.42 Å². The van der Waals surface area contributed by atoms with Crippen LogP contribution in [0, 0.1) is 19.3 Å². The van der Waals surface area contributed by atoms with E-state index < -0.39 is 5.97 Å². The molecule has 18 heavy (non-hydrogen) atoms. The van der Waals surface area contributed by atoms with E-state index in [2.05, 4.69) is 11.9 Å². The fourth-order valence-electron chi connectivity index (χ4n) is 2.19. The molecule has 98 valence electrons. The molecule has 2 rings (SSSR count). The third-order valence-corrected chi connectivity index (χ3v) is 3.74. The highest BCUT2D eigenvalue weighted by Crippen LogP contribution is 2.46. The number of rotatable bonds is 4. The van der Waals surface area contributed by atoms with Crippen molar-refractivity contribution < 1.29 is 9.90 Å². The molecule has 1 saturated carbocycles. The fourth-order valence-corrected chi connectivity index (χ4v) is 2.19. The molecular formula is C13H18N2O3. The van der Waals surface area contributed by atoms with E-state index in [4.69, 9.17) is 5.11 Å². The van der Waals surface area contributed by atoms with E-state index in [1.165, 1.54) is 0 Å². The minimum Gasteiger partial charge on any atom is -0.481 e. The first-order valence-corrected chi connectivity index (χ1v) is 6.11. The van der Waals surface area contributed by atoms with Gasteiger partial charge in [0.1, 0.15) is 0 Å². The van der Waals surface area contributed by atoms with E-state index in [-0.39, 0.29) is 17.5 Å². The van der Waals surface area contributed by atoms with Gasteiger partial charge in [0.15, 0.2) is 0 Å². The van der Waals surface area contributed by atoms with Gasteiger partial charge in [0.2, 0.25) is 0 Å². The average Bonchev–Trinajstić information content (AvgIpc) is 2.98. The van der Waals surface area contributed by atoms with Gasteiger partial charge in [-0.05, 0) is 32.1 Å². The second kappa shape index (κ2) is 4.23. The molecule has 1 aliphatic carbocycles. The molecule has 0 spiro atoms. The minimum absolute atomic E-state index is 0.0817. The Morgan fingerprint density at radius 1 is 1.44 bits per heavy atom. The van der Waals surface area contributed by atoms with Gasteiger partial charge >= 0.3 is 11.7 Å². The molecule has 5 heteroatoms. The van der Waals surface area contributed by atoms with Crippen LogP contribution in [0.1, 0.15) is 36.7 Å². The van der Waals surface area contributed by atoms with Crippen LogP contribution in [0.3, 0.4) is 0 Å². The molecule has 1 fully saturated rings. The zero-order chi connectivity index (χ0) is 13.5. The van der Waals surface area contributed by atoms with Gasteiger partial charge in [-0.2, -0.15) is 4.98 Å². The van der Waals surface area contributed by atoms with Crippen molar-refractivity contribution in [1.29, 1.82) is 0 Å². The lowest BCUT2D eigenvalue weighted by Gasteiger charge is -2.17. The number of carboxylic acid groups (broad SMARTS) is 1. The number of carbonyl (C=O) groups is 1. The average molecular weight is 250 g/mol. The number of nitrogens with zero attached hydrogens (tertiary/aromatic N) is 2. The molecule has 0 radical (unpaired) electrons. The van der Waals surface area contributed by atoms with Gasteiger partial charge in [0, 0.05) is 23.5 Å². The number of aliphatic carboxylic acids is 1. The predicted octanol–water partition coefficient (Wildman–Crippen LogP) is 1.29. The molecule has 1 aromatic heterocycles. The Morgan fingerprint density at radius 2 is 2.06 bits per heavy atom. The number of aryl methyl sites for hydroxylation is 1. The largest absolute Gasteiger partial charge is 0.481 e. The topological polar surface area (TPSA) is 72.2 Å². The highest BCUT2D eigenvalue weighted by atomic mass is 16.4. The van der Waals surface area contributed by atoms with Crippen LogP contribution in [0.4, 0.5) is 0 Å². The third kappa shape index (κ3) is 2.44. The molecule has 0 bridgehead atoms. The van der Waals surface area contributed by atoms with Gasteiger partial charge < -0.3 is 5.11 Å². The first kappa shape index (κ1) is 12.8. The number of aromatic nitrogens is 2. The maximum Gasteiger partial charge on any atom is 0.347 e. The van der Waals surface area contributed by atoms with E-state index in [1.807, 2.05) is 0 Å². The summed E-state index contributed by atoms with van der Waals surface area (Å²) in [6, 6.07) is 0. The Hall–Kier alpha value is -1.65. The zero-order valence-electron chi connectivity index (χ0n) is 11.0. The third-order valence-electron chi connectivity index (χ3n) is 3.74. The van der Waals surface area contributed by atoms with Crippen molar-refractivity contribution in [3.8, 4) is 0 Å². The van der Waals surface area contributed by atoms with Crippen molar-refractivity contribution >= 4 is 5.97 Å². The van der Waals surface area contributed by atoms with Crippen LogP contribution < -0.4 is 5.69 Å². The lowest BCUT2D eigenvalue weighted by Crippen LogP contribution is -2.30. The van der Waals surface area contributed by atoms with Crippen molar-refractivity contribution in [2.75, 3.05) is 0 Å². The van der Waals surface area contributed by atoms with E-state index >= 15 is 0 Å². The summed E-state index contributed by atoms with van der Waals surface area (Å²) in [4.78, 5) is 26.7. The number of hydrogen-bond donors (Lipinski definition) is 1. The first-order valence-electron chi connectivity index (χ1n) is 6.11. The Morgan fingerprint density at radius 3 is 2.56 bits per heavy atom. The van der Waals surface area contributed by atoms with Crippen molar-refractivity contribution in [1.82, 2.24) is 9.55 Å². The summed E-state index contributed by atoms with van der Waals surface area (Å²) < 4.78 is 1.62. The van der Waals surface area contributed by atoms with Crippen molar-refractivity contribution in [2.45, 2.75) is 46.6 Å². The van der Waals surface area contributed by atoms with Crippen LogP contribution in [0.15, 0.2) is 4.79 Å². The smallest absolute Gasteiger partial charge is 0.347 e. The van der Waals surface area contributed by atoms with E-state index in [9.17, 15) is 9.59 Å². The minimum atomic E-state index is -0.897. The molecule has 0 unspecified atom stereocenters.